The highest BCUT2D eigenvalue weighted by Gasteiger charge is 2.32. The first kappa shape index (κ1) is 42.7. The number of benzene rings is 2. The molecule has 16 heteroatoms. The van der Waals surface area contributed by atoms with Crippen LogP contribution in [0.2, 0.25) is 10.0 Å². The largest absolute Gasteiger partial charge is 0.481 e. The number of pyridine rings is 2. The Morgan fingerprint density at radius 3 is 2.33 bits per heavy atom. The van der Waals surface area contributed by atoms with E-state index in [4.69, 9.17) is 42.4 Å². The number of hydrogen-bond donors (Lipinski definition) is 1. The number of rotatable bonds is 8. The maximum Gasteiger partial charge on any atom is 0.410 e. The summed E-state index contributed by atoms with van der Waals surface area (Å²) in [7, 11) is -2.28. The monoisotopic (exact) mass is 851 g/mol. The lowest BCUT2D eigenvalue weighted by atomic mass is 9.99. The molecule has 4 heterocycles. The van der Waals surface area contributed by atoms with Crippen LogP contribution in [0, 0.1) is 0 Å². The third-order valence-corrected chi connectivity index (χ3v) is 12.0. The second-order valence-corrected chi connectivity index (χ2v) is 19.1. The number of aromatic nitrogens is 2. The smallest absolute Gasteiger partial charge is 0.410 e. The van der Waals surface area contributed by atoms with Crippen LogP contribution in [0.3, 0.4) is 0 Å². The lowest BCUT2D eigenvalue weighted by Gasteiger charge is -2.29. The van der Waals surface area contributed by atoms with E-state index >= 15 is 0 Å². The van der Waals surface area contributed by atoms with Gasteiger partial charge < -0.3 is 29.3 Å². The van der Waals surface area contributed by atoms with Gasteiger partial charge in [-0.15, -0.1) is 0 Å². The van der Waals surface area contributed by atoms with Crippen LogP contribution >= 0.6 is 23.2 Å². The van der Waals surface area contributed by atoms with Gasteiger partial charge in [-0.2, -0.15) is 0 Å². The number of hydrogen-bond acceptors (Lipinski definition) is 10. The van der Waals surface area contributed by atoms with Crippen molar-refractivity contribution < 1.29 is 37.0 Å². The molecule has 0 spiro atoms. The number of nitrogens with zero attached hydrogens (tertiary/aromatic N) is 4. The predicted molar refractivity (Wildman–Crippen MR) is 221 cm³/mol. The molecule has 0 radical (unpaired) electrons. The van der Waals surface area contributed by atoms with Gasteiger partial charge in [-0.05, 0) is 77.8 Å². The zero-order valence-corrected chi connectivity index (χ0v) is 35.8. The van der Waals surface area contributed by atoms with Crippen LogP contribution in [-0.2, 0) is 37.2 Å². The summed E-state index contributed by atoms with van der Waals surface area (Å²) in [6, 6.07) is 15.5. The number of sulfone groups is 1. The van der Waals surface area contributed by atoms with Crippen molar-refractivity contribution >= 4 is 51.1 Å². The fourth-order valence-corrected chi connectivity index (χ4v) is 8.92. The second-order valence-electron chi connectivity index (χ2n) is 16.3. The topological polar surface area (TPSA) is 157 Å². The maximum absolute atomic E-state index is 13.5. The summed E-state index contributed by atoms with van der Waals surface area (Å²) in [5.41, 5.74) is 2.68. The number of amides is 3. The van der Waals surface area contributed by atoms with E-state index in [0.717, 1.165) is 0 Å². The number of carbonyl (C=O) groups excluding carboxylic acids is 3. The number of carbonyl (C=O) groups is 3. The van der Waals surface area contributed by atoms with Crippen LogP contribution in [0.5, 0.6) is 5.88 Å². The number of halogens is 2. The molecule has 0 bridgehead atoms. The van der Waals surface area contributed by atoms with Crippen LogP contribution in [0.15, 0.2) is 65.7 Å². The molecule has 6 rings (SSSR count). The van der Waals surface area contributed by atoms with Crippen LogP contribution in [0.25, 0.3) is 33.6 Å². The normalized spacial score (nSPS) is 16.5. The van der Waals surface area contributed by atoms with E-state index in [1.165, 1.54) is 16.9 Å². The Morgan fingerprint density at radius 1 is 0.948 bits per heavy atom. The minimum absolute atomic E-state index is 0.0140. The zero-order valence-electron chi connectivity index (χ0n) is 33.5. The van der Waals surface area contributed by atoms with E-state index in [2.05, 4.69) is 10.3 Å². The molecular formula is C42H47Cl2N5O8S. The van der Waals surface area contributed by atoms with Gasteiger partial charge in [-0.3, -0.25) is 9.78 Å². The van der Waals surface area contributed by atoms with Crippen molar-refractivity contribution in [2.75, 3.05) is 26.0 Å². The lowest BCUT2D eigenvalue weighted by Crippen LogP contribution is -2.43. The minimum Gasteiger partial charge on any atom is -0.481 e. The highest BCUT2D eigenvalue weighted by molar-refractivity contribution is 7.91. The van der Waals surface area contributed by atoms with Crippen molar-refractivity contribution in [1.82, 2.24) is 25.1 Å². The van der Waals surface area contributed by atoms with Crippen LogP contribution < -0.4 is 10.1 Å². The quantitative estimate of drug-likeness (QED) is 0.183. The van der Waals surface area contributed by atoms with Gasteiger partial charge in [0.15, 0.2) is 9.84 Å². The van der Waals surface area contributed by atoms with Gasteiger partial charge in [0.1, 0.15) is 11.2 Å². The molecule has 0 aliphatic carbocycles. The summed E-state index contributed by atoms with van der Waals surface area (Å²) in [5, 5.41) is 3.52. The van der Waals surface area contributed by atoms with Crippen molar-refractivity contribution in [2.45, 2.75) is 89.6 Å². The summed E-state index contributed by atoms with van der Waals surface area (Å²) in [6.07, 6.45) is 1.47. The van der Waals surface area contributed by atoms with Gasteiger partial charge in [0.25, 0.3) is 0 Å². The second kappa shape index (κ2) is 16.7. The Labute approximate surface area is 348 Å². The number of ether oxygens (including phenoxy) is 3. The van der Waals surface area contributed by atoms with Crippen LogP contribution in [0.1, 0.15) is 65.5 Å². The molecule has 58 heavy (non-hydrogen) atoms. The highest BCUT2D eigenvalue weighted by Crippen LogP contribution is 2.42. The van der Waals surface area contributed by atoms with Crippen LogP contribution in [0.4, 0.5) is 9.59 Å². The van der Waals surface area contributed by atoms with Gasteiger partial charge >= 0.3 is 12.2 Å². The number of methoxy groups -OCH3 is 1. The third-order valence-electron chi connectivity index (χ3n) is 9.44. The zero-order chi connectivity index (χ0) is 42.2. The molecule has 1 atom stereocenters. The fourth-order valence-electron chi connectivity index (χ4n) is 6.75. The third kappa shape index (κ3) is 9.84. The van der Waals surface area contributed by atoms with Crippen molar-refractivity contribution in [2.24, 2.45) is 0 Å². The number of nitrogens with one attached hydrogen (secondary N) is 1. The predicted octanol–water partition coefficient (Wildman–Crippen LogP) is 8.33. The first-order chi connectivity index (χ1) is 27.2. The van der Waals surface area contributed by atoms with E-state index in [-0.39, 0.29) is 59.7 Å². The molecule has 0 saturated carbocycles. The van der Waals surface area contributed by atoms with Gasteiger partial charge in [-0.1, -0.05) is 53.5 Å². The molecule has 1 saturated heterocycles. The Bertz CT molecular complexity index is 2360. The molecule has 2 aliphatic rings. The minimum atomic E-state index is -3.77. The number of fused-ring (bicyclic) bond motifs is 1. The summed E-state index contributed by atoms with van der Waals surface area (Å²) < 4.78 is 43.9. The SMILES string of the molecule is COc1nc(-c2cccc(-c3ccnc(-c4ccc5c(c4)S(=O)(=O)CCN(C(=O)OC(C)(C)C)C5)c3Cl)c2Cl)ccc1CN(C[C@@H]1CCC(=O)N1)C(=O)OC(C)(C)C. The summed E-state index contributed by atoms with van der Waals surface area (Å²) in [6.45, 7) is 11.1. The molecule has 2 aromatic carbocycles. The van der Waals surface area contributed by atoms with Crippen molar-refractivity contribution in [3.8, 4) is 39.5 Å². The Balaban J connectivity index is 1.30. The Morgan fingerprint density at radius 2 is 1.66 bits per heavy atom. The van der Waals surface area contributed by atoms with E-state index in [0.29, 0.717) is 62.6 Å². The van der Waals surface area contributed by atoms with Gasteiger partial charge in [0.05, 0.1) is 52.3 Å². The molecule has 1 N–H and O–H groups in total. The molecule has 0 unspecified atom stereocenters. The maximum atomic E-state index is 13.5. The fraction of sp³-hybridized carbons (Fsp3) is 0.405. The summed E-state index contributed by atoms with van der Waals surface area (Å²) in [4.78, 5) is 50.4. The molecular weight excluding hydrogens is 805 g/mol. The average molecular weight is 853 g/mol. The Kier molecular flexibility index (Phi) is 12.3. The summed E-state index contributed by atoms with van der Waals surface area (Å²) in [5.74, 6) is -0.0477. The highest BCUT2D eigenvalue weighted by atomic mass is 35.5. The van der Waals surface area contributed by atoms with E-state index in [1.807, 2.05) is 24.3 Å². The van der Waals surface area contributed by atoms with Crippen LogP contribution in [-0.4, -0.2) is 89.5 Å². The van der Waals surface area contributed by atoms with Crippen molar-refractivity contribution in [3.05, 3.63) is 82.0 Å². The van der Waals surface area contributed by atoms with Crippen molar-refractivity contribution in [1.29, 1.82) is 0 Å². The van der Waals surface area contributed by atoms with Gasteiger partial charge in [0.2, 0.25) is 11.8 Å². The van der Waals surface area contributed by atoms with E-state index in [1.54, 1.807) is 78.1 Å². The molecule has 308 valence electrons. The van der Waals surface area contributed by atoms with E-state index < -0.39 is 33.2 Å². The first-order valence-electron chi connectivity index (χ1n) is 18.8. The summed E-state index contributed by atoms with van der Waals surface area (Å²) >= 11 is 14.2. The van der Waals surface area contributed by atoms with Gasteiger partial charge in [0, 0.05) is 59.6 Å². The van der Waals surface area contributed by atoms with E-state index in [9.17, 15) is 22.8 Å². The Hall–Kier alpha value is -4.92. The molecule has 4 aromatic rings. The molecule has 2 aromatic heterocycles. The average Bonchev–Trinajstić information content (AvgIpc) is 3.50. The first-order valence-corrected chi connectivity index (χ1v) is 21.2. The van der Waals surface area contributed by atoms with Crippen molar-refractivity contribution in [3.63, 3.8) is 0 Å². The molecule has 13 nitrogen and oxygen atoms in total. The standard InChI is InChI=1S/C42H47Cl2N5O8S/c1-41(2,3)56-39(51)48-19-20-58(53,54)33-21-25(11-12-26(33)22-48)37-36(44)30(17-18-45-37)29-9-8-10-31(35(29)43)32-15-13-27(38(47-32)55-7)23-49(40(52)57-42(4,5)6)24-28-14-16-34(50)46-28/h8-13,15,17-18,21,28H,14,16,19-20,22-24H2,1-7H3,(H,46,50)/t28-/m0/s1. The molecule has 3 amide bonds. The van der Waals surface area contributed by atoms with Gasteiger partial charge in [-0.25, -0.2) is 23.0 Å². The lowest BCUT2D eigenvalue weighted by molar-refractivity contribution is -0.119. The molecule has 1 fully saturated rings. The molecule has 2 aliphatic heterocycles.